The third kappa shape index (κ3) is 4.24. The Morgan fingerprint density at radius 3 is 2.74 bits per heavy atom. The van der Waals surface area contributed by atoms with Crippen LogP contribution in [0.5, 0.6) is 0 Å². The molecule has 2 rings (SSSR count). The van der Waals surface area contributed by atoms with Gasteiger partial charge in [-0.05, 0) is 31.4 Å². The van der Waals surface area contributed by atoms with Crippen molar-refractivity contribution >= 4 is 21.7 Å². The van der Waals surface area contributed by atoms with Gasteiger partial charge in [-0.1, -0.05) is 12.1 Å². The first-order valence-electron chi connectivity index (χ1n) is 7.00. The molecule has 1 aliphatic heterocycles. The second kappa shape index (κ2) is 7.02. The molecule has 10 heteroatoms. The monoisotopic (exact) mass is 343 g/mol. The van der Waals surface area contributed by atoms with E-state index in [1.807, 2.05) is 0 Å². The minimum absolute atomic E-state index is 0.0459. The molecule has 3 N–H and O–H groups in total. The van der Waals surface area contributed by atoms with Crippen molar-refractivity contribution in [3.8, 4) is 0 Å². The molecule has 126 valence electrons. The first kappa shape index (κ1) is 17.3. The Kier molecular flexibility index (Phi) is 5.29. The molecule has 0 amide bonds. The van der Waals surface area contributed by atoms with Crippen LogP contribution in [0.2, 0.25) is 0 Å². The third-order valence-corrected chi connectivity index (χ3v) is 5.22. The van der Waals surface area contributed by atoms with Crippen molar-refractivity contribution in [2.24, 2.45) is 5.92 Å². The normalized spacial score (nSPS) is 21.2. The Bertz CT molecular complexity index is 705. The van der Waals surface area contributed by atoms with Gasteiger partial charge in [-0.2, -0.15) is 0 Å². The molecule has 0 aromatic heterocycles. The number of nitrogens with zero attached hydrogens (tertiary/aromatic N) is 1. The summed E-state index contributed by atoms with van der Waals surface area (Å²) in [6.07, 6.45) is 0.888. The van der Waals surface area contributed by atoms with Crippen molar-refractivity contribution in [2.75, 3.05) is 13.1 Å². The molecule has 0 bridgehead atoms. The molecule has 1 fully saturated rings. The van der Waals surface area contributed by atoms with Crippen molar-refractivity contribution in [3.05, 3.63) is 34.4 Å². The number of carbonyl (C=O) groups is 1. The summed E-state index contributed by atoms with van der Waals surface area (Å²) in [5.74, 6) is -0.877. The summed E-state index contributed by atoms with van der Waals surface area (Å²) in [5, 5.41) is 22.6. The van der Waals surface area contributed by atoms with Gasteiger partial charge in [0.25, 0.3) is 5.69 Å². The van der Waals surface area contributed by atoms with E-state index < -0.39 is 32.6 Å². The molecule has 1 aromatic rings. The third-order valence-electron chi connectivity index (χ3n) is 3.72. The average Bonchev–Trinajstić information content (AvgIpc) is 2.96. The van der Waals surface area contributed by atoms with E-state index in [0.717, 1.165) is 6.07 Å². The fourth-order valence-electron chi connectivity index (χ4n) is 2.53. The number of aliphatic carboxylic acids is 1. The number of nitrogens with one attached hydrogen (secondary N) is 2. The van der Waals surface area contributed by atoms with Gasteiger partial charge in [-0.25, -0.2) is 13.1 Å². The summed E-state index contributed by atoms with van der Waals surface area (Å²) in [6.45, 7) is 0.594. The van der Waals surface area contributed by atoms with Gasteiger partial charge in [-0.15, -0.1) is 0 Å². The Balaban J connectivity index is 1.95. The second-order valence-electron chi connectivity index (χ2n) is 5.31. The highest BCUT2D eigenvalue weighted by atomic mass is 32.2. The van der Waals surface area contributed by atoms with E-state index in [1.165, 1.54) is 18.2 Å². The average molecular weight is 343 g/mol. The highest BCUT2D eigenvalue weighted by Gasteiger charge is 2.29. The van der Waals surface area contributed by atoms with E-state index in [2.05, 4.69) is 10.0 Å². The minimum atomic E-state index is -3.99. The fraction of sp³-hybridized carbons (Fsp3) is 0.462. The molecule has 1 aromatic carbocycles. The topological polar surface area (TPSA) is 139 Å². The highest BCUT2D eigenvalue weighted by Crippen LogP contribution is 2.23. The molecular weight excluding hydrogens is 326 g/mol. The standard InChI is InChI=1S/C13H17N3O6S/c17-13(18)10-7-9(8-14-10)5-6-15-23(21,22)12-4-2-1-3-11(12)16(19)20/h1-4,9-10,14-15H,5-8H2,(H,17,18). The zero-order valence-corrected chi connectivity index (χ0v) is 13.0. The maximum absolute atomic E-state index is 12.2. The second-order valence-corrected chi connectivity index (χ2v) is 7.05. The van der Waals surface area contributed by atoms with Crippen LogP contribution < -0.4 is 10.0 Å². The van der Waals surface area contributed by atoms with Gasteiger partial charge in [0.1, 0.15) is 6.04 Å². The van der Waals surface area contributed by atoms with Gasteiger partial charge in [0.15, 0.2) is 4.90 Å². The van der Waals surface area contributed by atoms with Gasteiger partial charge in [-0.3, -0.25) is 14.9 Å². The lowest BCUT2D eigenvalue weighted by Gasteiger charge is -2.10. The molecular formula is C13H17N3O6S. The van der Waals surface area contributed by atoms with Gasteiger partial charge >= 0.3 is 5.97 Å². The summed E-state index contributed by atoms with van der Waals surface area (Å²) in [5.41, 5.74) is -0.478. The van der Waals surface area contributed by atoms with E-state index in [4.69, 9.17) is 5.11 Å². The maximum Gasteiger partial charge on any atom is 0.320 e. The van der Waals surface area contributed by atoms with Crippen LogP contribution in [-0.2, 0) is 14.8 Å². The van der Waals surface area contributed by atoms with Crippen molar-refractivity contribution in [1.29, 1.82) is 0 Å². The smallest absolute Gasteiger partial charge is 0.320 e. The molecule has 0 spiro atoms. The summed E-state index contributed by atoms with van der Waals surface area (Å²) in [6, 6.07) is 4.52. The number of para-hydroxylation sites is 1. The lowest BCUT2D eigenvalue weighted by atomic mass is 10.0. The zero-order chi connectivity index (χ0) is 17.0. The van der Waals surface area contributed by atoms with E-state index >= 15 is 0 Å². The number of benzene rings is 1. The highest BCUT2D eigenvalue weighted by molar-refractivity contribution is 7.89. The number of carboxylic acids is 1. The molecule has 2 atom stereocenters. The van der Waals surface area contributed by atoms with Crippen LogP contribution in [0.25, 0.3) is 0 Å². The number of nitro benzene ring substituents is 1. The van der Waals surface area contributed by atoms with Crippen LogP contribution in [0.15, 0.2) is 29.2 Å². The van der Waals surface area contributed by atoms with Gasteiger partial charge < -0.3 is 10.4 Å². The Morgan fingerprint density at radius 1 is 1.43 bits per heavy atom. The molecule has 2 unspecified atom stereocenters. The Labute approximate surface area is 132 Å². The number of rotatable bonds is 7. The Hall–Kier alpha value is -2.04. The number of nitro groups is 1. The summed E-state index contributed by atoms with van der Waals surface area (Å²) >= 11 is 0. The first-order valence-corrected chi connectivity index (χ1v) is 8.49. The number of sulfonamides is 1. The van der Waals surface area contributed by atoms with Gasteiger partial charge in [0, 0.05) is 12.6 Å². The van der Waals surface area contributed by atoms with Crippen LogP contribution in [0, 0.1) is 16.0 Å². The quantitative estimate of drug-likeness (QED) is 0.479. The zero-order valence-electron chi connectivity index (χ0n) is 12.1. The molecule has 1 heterocycles. The van der Waals surface area contributed by atoms with E-state index in [1.54, 1.807) is 0 Å². The SMILES string of the molecule is O=C(O)C1CC(CCNS(=O)(=O)c2ccccc2[N+](=O)[O-])CN1. The van der Waals surface area contributed by atoms with Crippen LogP contribution >= 0.6 is 0 Å². The maximum atomic E-state index is 12.2. The molecule has 9 nitrogen and oxygen atoms in total. The largest absolute Gasteiger partial charge is 0.480 e. The van der Waals surface area contributed by atoms with E-state index in [0.29, 0.717) is 19.4 Å². The predicted molar refractivity (Wildman–Crippen MR) is 80.4 cm³/mol. The van der Waals surface area contributed by atoms with Crippen molar-refractivity contribution in [2.45, 2.75) is 23.8 Å². The fourth-order valence-corrected chi connectivity index (χ4v) is 3.75. The molecule has 0 radical (unpaired) electrons. The van der Waals surface area contributed by atoms with Crippen LogP contribution in [0.1, 0.15) is 12.8 Å². The predicted octanol–water partition coefficient (Wildman–Crippen LogP) is 0.326. The number of hydrogen-bond donors (Lipinski definition) is 3. The first-order chi connectivity index (χ1) is 10.8. The van der Waals surface area contributed by atoms with Crippen LogP contribution in [-0.4, -0.2) is 43.5 Å². The number of hydrogen-bond acceptors (Lipinski definition) is 6. The summed E-state index contributed by atoms with van der Waals surface area (Å²) < 4.78 is 26.7. The van der Waals surface area contributed by atoms with Crippen LogP contribution in [0.4, 0.5) is 5.69 Å². The lowest BCUT2D eigenvalue weighted by Crippen LogP contribution is -2.29. The minimum Gasteiger partial charge on any atom is -0.480 e. The molecule has 1 saturated heterocycles. The van der Waals surface area contributed by atoms with Crippen LogP contribution in [0.3, 0.4) is 0 Å². The number of carboxylic acid groups (broad SMARTS) is 1. The molecule has 0 saturated carbocycles. The summed E-state index contributed by atoms with van der Waals surface area (Å²) in [4.78, 5) is 20.6. The lowest BCUT2D eigenvalue weighted by molar-refractivity contribution is -0.387. The van der Waals surface area contributed by atoms with Gasteiger partial charge in [0.05, 0.1) is 4.92 Å². The van der Waals surface area contributed by atoms with E-state index in [9.17, 15) is 23.3 Å². The van der Waals surface area contributed by atoms with Crippen molar-refractivity contribution in [1.82, 2.24) is 10.0 Å². The van der Waals surface area contributed by atoms with Gasteiger partial charge in [0.2, 0.25) is 10.0 Å². The summed E-state index contributed by atoms with van der Waals surface area (Å²) in [7, 11) is -3.99. The molecule has 1 aliphatic rings. The molecule has 23 heavy (non-hydrogen) atoms. The van der Waals surface area contributed by atoms with Crippen molar-refractivity contribution < 1.29 is 23.2 Å². The van der Waals surface area contributed by atoms with E-state index in [-0.39, 0.29) is 17.4 Å². The molecule has 0 aliphatic carbocycles. The Morgan fingerprint density at radius 2 is 2.13 bits per heavy atom. The van der Waals surface area contributed by atoms with Crippen molar-refractivity contribution in [3.63, 3.8) is 0 Å².